The highest BCUT2D eigenvalue weighted by molar-refractivity contribution is 6.31. The number of furan rings is 1. The minimum Gasteiger partial charge on any atom is -0.542 e. The summed E-state index contributed by atoms with van der Waals surface area (Å²) in [5.74, 6) is -0.139. The third-order valence-electron chi connectivity index (χ3n) is 3.15. The van der Waals surface area contributed by atoms with Crippen LogP contribution in [0.15, 0.2) is 28.7 Å². The molecule has 0 radical (unpaired) electrons. The van der Waals surface area contributed by atoms with Crippen LogP contribution in [-0.2, 0) is 6.61 Å². The van der Waals surface area contributed by atoms with Crippen LogP contribution in [0.4, 0.5) is 0 Å². The van der Waals surface area contributed by atoms with Gasteiger partial charge in [0.15, 0.2) is 0 Å². The van der Waals surface area contributed by atoms with E-state index in [0.29, 0.717) is 10.8 Å². The van der Waals surface area contributed by atoms with E-state index in [9.17, 15) is 9.90 Å². The molecule has 112 valence electrons. The number of carboxylic acid groups (broad SMARTS) is 1. The Morgan fingerprint density at radius 3 is 2.67 bits per heavy atom. The molecule has 0 fully saturated rings. The van der Waals surface area contributed by atoms with Crippen LogP contribution in [-0.4, -0.2) is 5.97 Å². The largest absolute Gasteiger partial charge is 0.542 e. The monoisotopic (exact) mass is 307 g/mol. The van der Waals surface area contributed by atoms with E-state index in [4.69, 9.17) is 20.8 Å². The maximum Gasteiger partial charge on any atom is 0.149 e. The fourth-order valence-electron chi connectivity index (χ4n) is 1.96. The number of carbonyl (C=O) groups excluding carboxylic acids is 1. The highest BCUT2D eigenvalue weighted by atomic mass is 35.5. The summed E-state index contributed by atoms with van der Waals surface area (Å²) in [4.78, 5) is 10.7. The molecule has 2 rings (SSSR count). The van der Waals surface area contributed by atoms with Crippen LogP contribution >= 0.6 is 11.6 Å². The summed E-state index contributed by atoms with van der Waals surface area (Å²) in [5.41, 5.74) is 1.92. The van der Waals surface area contributed by atoms with Gasteiger partial charge in [0, 0.05) is 5.02 Å². The highest BCUT2D eigenvalue weighted by Crippen LogP contribution is 2.32. The van der Waals surface area contributed by atoms with Crippen molar-refractivity contribution < 1.29 is 19.1 Å². The average molecular weight is 308 g/mol. The van der Waals surface area contributed by atoms with Gasteiger partial charge < -0.3 is 19.1 Å². The summed E-state index contributed by atoms with van der Waals surface area (Å²) in [7, 11) is 0. The number of benzene rings is 1. The third-order valence-corrected chi connectivity index (χ3v) is 3.55. The van der Waals surface area contributed by atoms with Crippen molar-refractivity contribution in [2.45, 2.75) is 33.3 Å². The maximum atomic E-state index is 10.7. The normalized spacial score (nSPS) is 10.9. The van der Waals surface area contributed by atoms with Crippen molar-refractivity contribution in [3.8, 4) is 5.75 Å². The minimum absolute atomic E-state index is 0.147. The molecule has 21 heavy (non-hydrogen) atoms. The molecule has 0 unspecified atom stereocenters. The number of aryl methyl sites for hydroxylation is 1. The number of hydrogen-bond donors (Lipinski definition) is 0. The summed E-state index contributed by atoms with van der Waals surface area (Å²) in [6.07, 6.45) is 0. The first-order chi connectivity index (χ1) is 9.88. The number of carboxylic acids is 1. The van der Waals surface area contributed by atoms with Crippen molar-refractivity contribution in [1.82, 2.24) is 0 Å². The van der Waals surface area contributed by atoms with Crippen molar-refractivity contribution in [2.75, 3.05) is 0 Å². The number of aromatic carboxylic acids is 1. The molecule has 4 nitrogen and oxygen atoms in total. The van der Waals surface area contributed by atoms with E-state index in [1.54, 1.807) is 6.07 Å². The lowest BCUT2D eigenvalue weighted by molar-refractivity contribution is -0.257. The van der Waals surface area contributed by atoms with E-state index in [0.717, 1.165) is 16.9 Å². The molecule has 5 heteroatoms. The number of rotatable bonds is 5. The average Bonchev–Trinajstić information content (AvgIpc) is 2.88. The molecule has 0 bridgehead atoms. The van der Waals surface area contributed by atoms with Gasteiger partial charge in [0.1, 0.15) is 29.8 Å². The lowest BCUT2D eigenvalue weighted by Crippen LogP contribution is -2.21. The lowest BCUT2D eigenvalue weighted by atomic mass is 10.0. The van der Waals surface area contributed by atoms with E-state index in [-0.39, 0.29) is 18.3 Å². The van der Waals surface area contributed by atoms with Crippen molar-refractivity contribution in [3.63, 3.8) is 0 Å². The van der Waals surface area contributed by atoms with E-state index < -0.39 is 5.97 Å². The van der Waals surface area contributed by atoms with Gasteiger partial charge >= 0.3 is 0 Å². The van der Waals surface area contributed by atoms with Gasteiger partial charge in [0.2, 0.25) is 0 Å². The van der Waals surface area contributed by atoms with Gasteiger partial charge in [-0.2, -0.15) is 0 Å². The molecule has 0 atom stereocenters. The lowest BCUT2D eigenvalue weighted by Gasteiger charge is -2.15. The molecule has 0 aliphatic rings. The summed E-state index contributed by atoms with van der Waals surface area (Å²) >= 11 is 6.14. The van der Waals surface area contributed by atoms with Crippen LogP contribution in [0.25, 0.3) is 0 Å². The third kappa shape index (κ3) is 3.58. The number of ether oxygens (including phenoxy) is 1. The predicted molar refractivity (Wildman–Crippen MR) is 77.6 cm³/mol. The first-order valence-electron chi connectivity index (χ1n) is 6.61. The van der Waals surface area contributed by atoms with Crippen molar-refractivity contribution in [1.29, 1.82) is 0 Å². The van der Waals surface area contributed by atoms with Gasteiger partial charge in [-0.15, -0.1) is 0 Å². The Hall–Kier alpha value is -1.94. The van der Waals surface area contributed by atoms with Crippen molar-refractivity contribution >= 4 is 17.6 Å². The second-order valence-corrected chi connectivity index (χ2v) is 5.54. The zero-order valence-electron chi connectivity index (χ0n) is 12.1. The fraction of sp³-hybridized carbons (Fsp3) is 0.312. The smallest absolute Gasteiger partial charge is 0.149 e. The van der Waals surface area contributed by atoms with Crippen LogP contribution in [0.1, 0.15) is 47.2 Å². The molecule has 1 heterocycles. The molecule has 0 amide bonds. The number of halogens is 1. The van der Waals surface area contributed by atoms with Crippen molar-refractivity contribution in [2.24, 2.45) is 0 Å². The van der Waals surface area contributed by atoms with Gasteiger partial charge in [-0.3, -0.25) is 0 Å². The zero-order valence-corrected chi connectivity index (χ0v) is 12.9. The maximum absolute atomic E-state index is 10.7. The van der Waals surface area contributed by atoms with Gasteiger partial charge in [0.05, 0.1) is 0 Å². The van der Waals surface area contributed by atoms with E-state index >= 15 is 0 Å². The fourth-order valence-corrected chi connectivity index (χ4v) is 2.13. The Kier molecular flexibility index (Phi) is 4.58. The number of hydrogen-bond acceptors (Lipinski definition) is 4. The minimum atomic E-state index is -1.34. The molecule has 0 N–H and O–H groups in total. The molecular formula is C16H16ClO4-. The SMILES string of the molecule is Cc1cc(OCc2ccc(C(=O)[O-])o2)c(C(C)C)cc1Cl. The molecule has 0 aliphatic carbocycles. The first-order valence-corrected chi connectivity index (χ1v) is 6.99. The Balaban J connectivity index is 2.18. The number of carbonyl (C=O) groups is 1. The molecule has 1 aromatic carbocycles. The molecule has 0 aliphatic heterocycles. The van der Waals surface area contributed by atoms with Crippen LogP contribution in [0.2, 0.25) is 5.02 Å². The van der Waals surface area contributed by atoms with Crippen LogP contribution < -0.4 is 9.84 Å². The summed E-state index contributed by atoms with van der Waals surface area (Å²) in [5, 5.41) is 11.4. The van der Waals surface area contributed by atoms with Gasteiger partial charge in [-0.25, -0.2) is 0 Å². The second-order valence-electron chi connectivity index (χ2n) is 5.14. The van der Waals surface area contributed by atoms with Crippen LogP contribution in [0.3, 0.4) is 0 Å². The highest BCUT2D eigenvalue weighted by Gasteiger charge is 2.12. The Morgan fingerprint density at radius 2 is 2.10 bits per heavy atom. The topological polar surface area (TPSA) is 62.5 Å². The van der Waals surface area contributed by atoms with Gasteiger partial charge in [-0.1, -0.05) is 25.4 Å². The zero-order chi connectivity index (χ0) is 15.6. The summed E-state index contributed by atoms with van der Waals surface area (Å²) < 4.78 is 10.9. The molecule has 1 aromatic heterocycles. The Morgan fingerprint density at radius 1 is 1.38 bits per heavy atom. The van der Waals surface area contributed by atoms with Gasteiger partial charge in [-0.05, 0) is 48.2 Å². The first kappa shape index (κ1) is 15.4. The quantitative estimate of drug-likeness (QED) is 0.850. The van der Waals surface area contributed by atoms with Crippen LogP contribution in [0, 0.1) is 6.92 Å². The van der Waals surface area contributed by atoms with E-state index in [1.165, 1.54) is 6.07 Å². The molecular weight excluding hydrogens is 292 g/mol. The van der Waals surface area contributed by atoms with Crippen molar-refractivity contribution in [3.05, 3.63) is 51.9 Å². The Labute approximate surface area is 128 Å². The van der Waals surface area contributed by atoms with Crippen LogP contribution in [0.5, 0.6) is 5.75 Å². The summed E-state index contributed by atoms with van der Waals surface area (Å²) in [6, 6.07) is 6.68. The molecule has 2 aromatic rings. The standard InChI is InChI=1S/C16H17ClO4/c1-9(2)12-7-13(17)10(3)6-15(12)20-8-11-4-5-14(21-11)16(18)19/h4-7,9H,8H2,1-3H3,(H,18,19)/p-1. The summed E-state index contributed by atoms with van der Waals surface area (Å²) in [6.45, 7) is 6.15. The Bertz CT molecular complexity index is 658. The molecule has 0 spiro atoms. The van der Waals surface area contributed by atoms with E-state index in [2.05, 4.69) is 13.8 Å². The molecule has 0 saturated carbocycles. The predicted octanol–water partition coefficient (Wildman–Crippen LogP) is 3.31. The molecule has 0 saturated heterocycles. The van der Waals surface area contributed by atoms with E-state index in [1.807, 2.05) is 19.1 Å². The second kappa shape index (κ2) is 6.22. The van der Waals surface area contributed by atoms with Gasteiger partial charge in [0.25, 0.3) is 0 Å².